The number of hydrogen-bond acceptors (Lipinski definition) is 4. The minimum atomic E-state index is -4.09. The number of ether oxygens (including phenoxy) is 1. The van der Waals surface area contributed by atoms with E-state index >= 15 is 0 Å². The first-order valence-electron chi connectivity index (χ1n) is 5.24. The summed E-state index contributed by atoms with van der Waals surface area (Å²) >= 11 is 0. The van der Waals surface area contributed by atoms with Gasteiger partial charge in [0.15, 0.2) is 5.03 Å². The fourth-order valence-corrected chi connectivity index (χ4v) is 2.09. The standard InChI is InChI=1S/C12H9ClFNO3S/c13-19(16,17)12-7-10(6-11(14)15-12)18-8-9-4-2-1-3-5-9/h1-7H,8H2. The Bertz CT molecular complexity index is 677. The van der Waals surface area contributed by atoms with E-state index < -0.39 is 20.0 Å². The van der Waals surface area contributed by atoms with Gasteiger partial charge in [-0.3, -0.25) is 0 Å². The van der Waals surface area contributed by atoms with Crippen LogP contribution in [-0.4, -0.2) is 13.4 Å². The maximum atomic E-state index is 13.2. The van der Waals surface area contributed by atoms with Crippen LogP contribution in [-0.2, 0) is 15.7 Å². The maximum absolute atomic E-state index is 13.2. The van der Waals surface area contributed by atoms with Gasteiger partial charge in [-0.2, -0.15) is 4.39 Å². The van der Waals surface area contributed by atoms with Crippen LogP contribution < -0.4 is 4.74 Å². The molecule has 1 heterocycles. The first kappa shape index (κ1) is 13.8. The zero-order valence-electron chi connectivity index (χ0n) is 9.58. The monoisotopic (exact) mass is 301 g/mol. The summed E-state index contributed by atoms with van der Waals surface area (Å²) in [5.74, 6) is -0.916. The number of rotatable bonds is 4. The van der Waals surface area contributed by atoms with Gasteiger partial charge in [0.2, 0.25) is 5.95 Å². The third kappa shape index (κ3) is 3.90. The Labute approximate surface area is 114 Å². The van der Waals surface area contributed by atoms with E-state index in [1.54, 1.807) is 0 Å². The Hall–Kier alpha value is -1.66. The smallest absolute Gasteiger partial charge is 0.278 e. The van der Waals surface area contributed by atoms with E-state index in [2.05, 4.69) is 4.98 Å². The van der Waals surface area contributed by atoms with Gasteiger partial charge in [-0.05, 0) is 5.56 Å². The molecule has 1 aromatic carbocycles. The average Bonchev–Trinajstić information content (AvgIpc) is 2.36. The van der Waals surface area contributed by atoms with E-state index in [0.29, 0.717) is 0 Å². The lowest BCUT2D eigenvalue weighted by molar-refractivity contribution is 0.302. The quantitative estimate of drug-likeness (QED) is 0.643. The summed E-state index contributed by atoms with van der Waals surface area (Å²) in [5, 5.41) is -0.572. The van der Waals surface area contributed by atoms with Crippen LogP contribution in [0.4, 0.5) is 4.39 Å². The molecule has 100 valence electrons. The molecule has 0 unspecified atom stereocenters. The molecule has 0 fully saturated rings. The lowest BCUT2D eigenvalue weighted by Gasteiger charge is -2.07. The molecule has 2 aromatic rings. The summed E-state index contributed by atoms with van der Waals surface area (Å²) in [7, 11) is 1.02. The van der Waals surface area contributed by atoms with Gasteiger partial charge in [0.1, 0.15) is 12.4 Å². The van der Waals surface area contributed by atoms with Crippen molar-refractivity contribution in [3.8, 4) is 5.75 Å². The van der Waals surface area contributed by atoms with Gasteiger partial charge in [0, 0.05) is 22.8 Å². The summed E-state index contributed by atoms with van der Waals surface area (Å²) < 4.78 is 40.7. The molecule has 2 rings (SSSR count). The molecule has 0 saturated heterocycles. The van der Waals surface area contributed by atoms with Crippen molar-refractivity contribution in [2.45, 2.75) is 11.6 Å². The van der Waals surface area contributed by atoms with Crippen molar-refractivity contribution in [1.29, 1.82) is 0 Å². The third-order valence-electron chi connectivity index (χ3n) is 2.24. The van der Waals surface area contributed by atoms with Gasteiger partial charge in [-0.25, -0.2) is 13.4 Å². The fourth-order valence-electron chi connectivity index (χ4n) is 1.40. The van der Waals surface area contributed by atoms with Crippen LogP contribution in [0.25, 0.3) is 0 Å². The SMILES string of the molecule is O=S(=O)(Cl)c1cc(OCc2ccccc2)cc(F)n1. The normalized spacial score (nSPS) is 11.3. The Morgan fingerprint density at radius 1 is 1.21 bits per heavy atom. The Morgan fingerprint density at radius 3 is 2.53 bits per heavy atom. The van der Waals surface area contributed by atoms with Crippen LogP contribution in [0.3, 0.4) is 0 Å². The third-order valence-corrected chi connectivity index (χ3v) is 3.43. The number of pyridine rings is 1. The van der Waals surface area contributed by atoms with Crippen LogP contribution in [0.1, 0.15) is 5.56 Å². The summed E-state index contributed by atoms with van der Waals surface area (Å²) in [6.45, 7) is 0.187. The summed E-state index contributed by atoms with van der Waals surface area (Å²) in [6, 6.07) is 11.3. The predicted octanol–water partition coefficient (Wildman–Crippen LogP) is 2.73. The van der Waals surface area contributed by atoms with E-state index in [-0.39, 0.29) is 12.4 Å². The zero-order valence-corrected chi connectivity index (χ0v) is 11.2. The topological polar surface area (TPSA) is 56.3 Å². The molecule has 19 heavy (non-hydrogen) atoms. The first-order chi connectivity index (χ1) is 8.95. The highest BCUT2D eigenvalue weighted by Gasteiger charge is 2.15. The lowest BCUT2D eigenvalue weighted by atomic mass is 10.2. The van der Waals surface area contributed by atoms with Gasteiger partial charge >= 0.3 is 0 Å². The van der Waals surface area contributed by atoms with Crippen molar-refractivity contribution in [2.24, 2.45) is 0 Å². The number of aromatic nitrogens is 1. The molecule has 0 aliphatic carbocycles. The maximum Gasteiger partial charge on any atom is 0.278 e. The molecular weight excluding hydrogens is 293 g/mol. The highest BCUT2D eigenvalue weighted by atomic mass is 35.7. The molecule has 0 spiro atoms. The first-order valence-corrected chi connectivity index (χ1v) is 7.55. The van der Waals surface area contributed by atoms with Gasteiger partial charge in [-0.1, -0.05) is 30.3 Å². The van der Waals surface area contributed by atoms with E-state index in [0.717, 1.165) is 17.7 Å². The number of hydrogen-bond donors (Lipinski definition) is 0. The van der Waals surface area contributed by atoms with E-state index in [1.807, 2.05) is 30.3 Å². The number of nitrogens with zero attached hydrogens (tertiary/aromatic N) is 1. The Kier molecular flexibility index (Phi) is 4.01. The van der Waals surface area contributed by atoms with Crippen molar-refractivity contribution in [3.63, 3.8) is 0 Å². The lowest BCUT2D eigenvalue weighted by Crippen LogP contribution is -2.01. The molecule has 0 aliphatic heterocycles. The Balaban J connectivity index is 2.19. The highest BCUT2D eigenvalue weighted by molar-refractivity contribution is 8.13. The minimum Gasteiger partial charge on any atom is -0.489 e. The number of halogens is 2. The van der Waals surface area contributed by atoms with Crippen molar-refractivity contribution >= 4 is 19.7 Å². The molecule has 0 amide bonds. The second-order valence-corrected chi connectivity index (χ2v) is 6.19. The zero-order chi connectivity index (χ0) is 13.9. The van der Waals surface area contributed by atoms with Crippen LogP contribution in [0, 0.1) is 5.95 Å². The Morgan fingerprint density at radius 2 is 1.89 bits per heavy atom. The fraction of sp³-hybridized carbons (Fsp3) is 0.0833. The second-order valence-electron chi connectivity index (χ2n) is 3.68. The largest absolute Gasteiger partial charge is 0.489 e. The second kappa shape index (κ2) is 5.54. The molecule has 0 bridgehead atoms. The van der Waals surface area contributed by atoms with Crippen LogP contribution >= 0.6 is 10.7 Å². The molecule has 0 radical (unpaired) electrons. The summed E-state index contributed by atoms with van der Waals surface area (Å²) in [6.07, 6.45) is 0. The molecule has 0 atom stereocenters. The molecule has 0 N–H and O–H groups in total. The van der Waals surface area contributed by atoms with Gasteiger partial charge in [0.05, 0.1) is 0 Å². The van der Waals surface area contributed by atoms with E-state index in [9.17, 15) is 12.8 Å². The number of benzene rings is 1. The van der Waals surface area contributed by atoms with Crippen molar-refractivity contribution in [1.82, 2.24) is 4.98 Å². The molecule has 4 nitrogen and oxygen atoms in total. The molecule has 0 aliphatic rings. The molecular formula is C12H9ClFNO3S. The summed E-state index contributed by atoms with van der Waals surface area (Å²) in [4.78, 5) is 3.19. The van der Waals surface area contributed by atoms with E-state index in [1.165, 1.54) is 0 Å². The van der Waals surface area contributed by atoms with Crippen molar-refractivity contribution < 1.29 is 17.5 Å². The van der Waals surface area contributed by atoms with Gasteiger partial charge in [0.25, 0.3) is 9.05 Å². The highest BCUT2D eigenvalue weighted by Crippen LogP contribution is 2.20. The van der Waals surface area contributed by atoms with Gasteiger partial charge < -0.3 is 4.74 Å². The van der Waals surface area contributed by atoms with Crippen molar-refractivity contribution in [3.05, 3.63) is 54.0 Å². The molecule has 0 saturated carbocycles. The predicted molar refractivity (Wildman–Crippen MR) is 68.0 cm³/mol. The minimum absolute atomic E-state index is 0.0515. The average molecular weight is 302 g/mol. The summed E-state index contributed by atoms with van der Waals surface area (Å²) in [5.41, 5.74) is 0.870. The van der Waals surface area contributed by atoms with E-state index in [4.69, 9.17) is 15.4 Å². The van der Waals surface area contributed by atoms with Gasteiger partial charge in [-0.15, -0.1) is 0 Å². The van der Waals surface area contributed by atoms with Crippen molar-refractivity contribution in [2.75, 3.05) is 0 Å². The molecule has 7 heteroatoms. The van der Waals surface area contributed by atoms with Crippen LogP contribution in [0.2, 0.25) is 0 Å². The van der Waals surface area contributed by atoms with Crippen LogP contribution in [0.5, 0.6) is 5.75 Å². The van der Waals surface area contributed by atoms with Crippen LogP contribution in [0.15, 0.2) is 47.5 Å². The molecule has 1 aromatic heterocycles.